The van der Waals surface area contributed by atoms with E-state index in [1.807, 2.05) is 30.6 Å². The van der Waals surface area contributed by atoms with Crippen LogP contribution in [0.2, 0.25) is 0 Å². The molecule has 0 aromatic rings. The molecule has 0 aromatic carbocycles. The van der Waals surface area contributed by atoms with Gasteiger partial charge in [-0.1, -0.05) is 6.08 Å². The van der Waals surface area contributed by atoms with Crippen molar-refractivity contribution in [1.29, 1.82) is 0 Å². The number of hydrogen-bond acceptors (Lipinski definition) is 3. The van der Waals surface area contributed by atoms with Gasteiger partial charge in [-0.25, -0.2) is 0 Å². The van der Waals surface area contributed by atoms with Crippen LogP contribution >= 0.6 is 0 Å². The molecule has 0 saturated heterocycles. The number of nitrogens with zero attached hydrogens (tertiary/aromatic N) is 3. The molecule has 0 bridgehead atoms. The molecule has 10 heavy (non-hydrogen) atoms. The maximum atomic E-state index is 4.24. The van der Waals surface area contributed by atoms with E-state index in [1.165, 1.54) is 0 Å². The van der Waals surface area contributed by atoms with Crippen LogP contribution in [0.15, 0.2) is 22.2 Å². The number of hydrazone groups is 1. The van der Waals surface area contributed by atoms with Crippen LogP contribution in [0.5, 0.6) is 0 Å². The monoisotopic (exact) mass is 135 g/mol. The molecule has 0 spiro atoms. The Hall–Kier alpha value is -1.12. The summed E-state index contributed by atoms with van der Waals surface area (Å²) in [7, 11) is 1.96. The second-order valence-corrected chi connectivity index (χ2v) is 2.50. The Morgan fingerprint density at radius 3 is 3.20 bits per heavy atom. The third-order valence-corrected chi connectivity index (χ3v) is 1.84. The summed E-state index contributed by atoms with van der Waals surface area (Å²) in [6, 6.07) is 0.625. The number of hydrogen-bond donors (Lipinski definition) is 0. The lowest BCUT2D eigenvalue weighted by atomic mass is 10.1. The summed E-state index contributed by atoms with van der Waals surface area (Å²) in [6.07, 6.45) is 7.79. The first kappa shape index (κ1) is 5.65. The lowest BCUT2D eigenvalue weighted by Crippen LogP contribution is -2.31. The van der Waals surface area contributed by atoms with E-state index in [-0.39, 0.29) is 6.04 Å². The minimum Gasteiger partial charge on any atom is -0.291 e. The molecule has 3 heteroatoms. The van der Waals surface area contributed by atoms with Crippen molar-refractivity contribution in [2.45, 2.75) is 12.1 Å². The fourth-order valence-corrected chi connectivity index (χ4v) is 1.24. The Kier molecular flexibility index (Phi) is 1.09. The zero-order valence-corrected chi connectivity index (χ0v) is 5.81. The summed E-state index contributed by atoms with van der Waals surface area (Å²) in [5, 5.41) is 6.05. The highest BCUT2D eigenvalue weighted by atomic mass is 15.5. The molecule has 0 N–H and O–H groups in total. The molecule has 2 atom stereocenters. The van der Waals surface area contributed by atoms with Crippen molar-refractivity contribution in [2.24, 2.45) is 10.1 Å². The van der Waals surface area contributed by atoms with E-state index >= 15 is 0 Å². The van der Waals surface area contributed by atoms with Gasteiger partial charge in [-0.3, -0.25) is 10.0 Å². The van der Waals surface area contributed by atoms with E-state index in [9.17, 15) is 0 Å². The lowest BCUT2D eigenvalue weighted by molar-refractivity contribution is 0.315. The first-order chi connectivity index (χ1) is 4.88. The van der Waals surface area contributed by atoms with E-state index < -0.39 is 0 Å². The van der Waals surface area contributed by atoms with E-state index in [0.29, 0.717) is 6.04 Å². The molecular formula is C7H9N3. The molecule has 2 aliphatic heterocycles. The molecule has 2 rings (SSSR count). The summed E-state index contributed by atoms with van der Waals surface area (Å²) in [6.45, 7) is 0. The molecule has 2 unspecified atom stereocenters. The maximum Gasteiger partial charge on any atom is 0.112 e. The highest BCUT2D eigenvalue weighted by molar-refractivity contribution is 5.79. The van der Waals surface area contributed by atoms with Gasteiger partial charge >= 0.3 is 0 Å². The second-order valence-electron chi connectivity index (χ2n) is 2.50. The number of likely N-dealkylation sites (N-methyl/N-ethyl adjacent to an activating group) is 1. The summed E-state index contributed by atoms with van der Waals surface area (Å²) < 4.78 is 0. The van der Waals surface area contributed by atoms with Gasteiger partial charge in [0, 0.05) is 13.3 Å². The second kappa shape index (κ2) is 1.94. The van der Waals surface area contributed by atoms with Gasteiger partial charge in [-0.05, 0) is 6.08 Å². The summed E-state index contributed by atoms with van der Waals surface area (Å²) in [5.74, 6) is 0. The lowest BCUT2D eigenvalue weighted by Gasteiger charge is -2.19. The zero-order chi connectivity index (χ0) is 6.97. The summed E-state index contributed by atoms with van der Waals surface area (Å²) in [5.41, 5.74) is 0. The summed E-state index contributed by atoms with van der Waals surface area (Å²) >= 11 is 0. The predicted octanol–water partition coefficient (Wildman–Crippen LogP) is 0.295. The van der Waals surface area contributed by atoms with E-state index in [1.54, 1.807) is 0 Å². The van der Waals surface area contributed by atoms with Crippen LogP contribution in [-0.4, -0.2) is 36.6 Å². The van der Waals surface area contributed by atoms with Gasteiger partial charge < -0.3 is 0 Å². The normalized spacial score (nSPS) is 35.1. The Labute approximate surface area is 59.7 Å². The van der Waals surface area contributed by atoms with E-state index in [2.05, 4.69) is 16.2 Å². The van der Waals surface area contributed by atoms with Crippen molar-refractivity contribution >= 4 is 12.4 Å². The van der Waals surface area contributed by atoms with Crippen LogP contribution in [0.3, 0.4) is 0 Å². The molecule has 0 amide bonds. The van der Waals surface area contributed by atoms with Crippen molar-refractivity contribution in [2.75, 3.05) is 7.05 Å². The average molecular weight is 135 g/mol. The standard InChI is InChI=1S/C7H9N3/c1-10-7-3-2-4-8-6(7)5-9-10/h2-7H,1H3. The van der Waals surface area contributed by atoms with Crippen molar-refractivity contribution < 1.29 is 0 Å². The van der Waals surface area contributed by atoms with Crippen molar-refractivity contribution in [3.05, 3.63) is 12.2 Å². The number of dihydropyridines is 1. The van der Waals surface area contributed by atoms with E-state index in [4.69, 9.17) is 0 Å². The van der Waals surface area contributed by atoms with Crippen LogP contribution in [-0.2, 0) is 0 Å². The fourth-order valence-electron chi connectivity index (χ4n) is 1.24. The Morgan fingerprint density at radius 2 is 2.40 bits per heavy atom. The minimum absolute atomic E-state index is 0.259. The first-order valence-electron chi connectivity index (χ1n) is 3.35. The van der Waals surface area contributed by atoms with Crippen LogP contribution in [0.25, 0.3) is 0 Å². The smallest absolute Gasteiger partial charge is 0.112 e. The molecular weight excluding hydrogens is 126 g/mol. The number of allylic oxidation sites excluding steroid dienone is 1. The molecule has 0 saturated carbocycles. The summed E-state index contributed by atoms with van der Waals surface area (Å²) in [4.78, 5) is 4.24. The fraction of sp³-hybridized carbons (Fsp3) is 0.429. The molecule has 3 nitrogen and oxygen atoms in total. The topological polar surface area (TPSA) is 28.0 Å². The molecule has 0 fully saturated rings. The number of aliphatic imine (C=N–C) groups is 1. The van der Waals surface area contributed by atoms with E-state index in [0.717, 1.165) is 0 Å². The van der Waals surface area contributed by atoms with Gasteiger partial charge in [0.1, 0.15) is 6.04 Å². The largest absolute Gasteiger partial charge is 0.291 e. The molecule has 2 heterocycles. The van der Waals surface area contributed by atoms with Crippen LogP contribution < -0.4 is 0 Å². The SMILES string of the molecule is CN1N=CC2N=CC=CC21. The average Bonchev–Trinajstić information content (AvgIpc) is 2.34. The van der Waals surface area contributed by atoms with Crippen molar-refractivity contribution in [3.63, 3.8) is 0 Å². The highest BCUT2D eigenvalue weighted by Gasteiger charge is 2.26. The number of fused-ring (bicyclic) bond motifs is 1. The molecule has 2 aliphatic rings. The Balaban J connectivity index is 2.26. The third kappa shape index (κ3) is 0.667. The van der Waals surface area contributed by atoms with Gasteiger partial charge in [0.2, 0.25) is 0 Å². The Bertz CT molecular complexity index is 217. The zero-order valence-electron chi connectivity index (χ0n) is 5.81. The molecule has 0 aliphatic carbocycles. The third-order valence-electron chi connectivity index (χ3n) is 1.84. The Morgan fingerprint density at radius 1 is 1.50 bits per heavy atom. The highest BCUT2D eigenvalue weighted by Crippen LogP contribution is 2.15. The van der Waals surface area contributed by atoms with Gasteiger partial charge in [0.15, 0.2) is 0 Å². The molecule has 0 radical (unpaired) electrons. The van der Waals surface area contributed by atoms with Crippen molar-refractivity contribution in [1.82, 2.24) is 5.01 Å². The van der Waals surface area contributed by atoms with Gasteiger partial charge in [0.05, 0.1) is 12.3 Å². The molecule has 52 valence electrons. The quantitative estimate of drug-likeness (QED) is 0.469. The first-order valence-corrected chi connectivity index (χ1v) is 3.35. The van der Waals surface area contributed by atoms with Gasteiger partial charge in [-0.2, -0.15) is 5.10 Å². The predicted molar refractivity (Wildman–Crippen MR) is 41.5 cm³/mol. The van der Waals surface area contributed by atoms with Gasteiger partial charge in [0.25, 0.3) is 0 Å². The van der Waals surface area contributed by atoms with Crippen LogP contribution in [0.1, 0.15) is 0 Å². The van der Waals surface area contributed by atoms with Gasteiger partial charge in [-0.15, -0.1) is 0 Å². The molecule has 0 aromatic heterocycles. The minimum atomic E-state index is 0.259. The van der Waals surface area contributed by atoms with Crippen molar-refractivity contribution in [3.8, 4) is 0 Å². The maximum absolute atomic E-state index is 4.24. The van der Waals surface area contributed by atoms with Crippen LogP contribution in [0.4, 0.5) is 0 Å². The number of rotatable bonds is 0. The van der Waals surface area contributed by atoms with Crippen LogP contribution in [0, 0.1) is 0 Å².